The van der Waals surface area contributed by atoms with Gasteiger partial charge >= 0.3 is 5.97 Å². The second kappa shape index (κ2) is 8.65. The Morgan fingerprint density at radius 2 is 1.79 bits per heavy atom. The molecule has 0 saturated carbocycles. The Hall–Kier alpha value is -2.87. The predicted octanol–water partition coefficient (Wildman–Crippen LogP) is 4.52. The van der Waals surface area contributed by atoms with Gasteiger partial charge in [-0.1, -0.05) is 23.9 Å². The maximum Gasteiger partial charge on any atom is 0.316 e. The van der Waals surface area contributed by atoms with E-state index in [2.05, 4.69) is 10.2 Å². The molecule has 2 aromatic carbocycles. The highest BCUT2D eigenvalue weighted by atomic mass is 32.2. The molecule has 0 aliphatic heterocycles. The molecular weight excluding hydrogens is 393 g/mol. The summed E-state index contributed by atoms with van der Waals surface area (Å²) in [5.41, 5.74) is 0.472. The van der Waals surface area contributed by atoms with Crippen LogP contribution >= 0.6 is 11.8 Å². The molecule has 0 fully saturated rings. The normalized spacial score (nSPS) is 11.3. The van der Waals surface area contributed by atoms with Crippen LogP contribution in [0, 0.1) is 5.82 Å². The second-order valence-corrected chi connectivity index (χ2v) is 8.14. The van der Waals surface area contributed by atoms with Crippen LogP contribution < -0.4 is 4.74 Å². The molecular formula is C21H22FN3O3S. The third kappa shape index (κ3) is 5.14. The third-order valence-electron chi connectivity index (χ3n) is 3.82. The average molecular weight is 415 g/mol. The van der Waals surface area contributed by atoms with Gasteiger partial charge in [-0.05, 0) is 57.2 Å². The zero-order valence-electron chi connectivity index (χ0n) is 16.7. The first kappa shape index (κ1) is 20.9. The number of hydrogen-bond acceptors (Lipinski definition) is 6. The molecule has 0 aliphatic rings. The van der Waals surface area contributed by atoms with E-state index in [1.54, 1.807) is 42.0 Å². The Balaban J connectivity index is 1.98. The van der Waals surface area contributed by atoms with Crippen molar-refractivity contribution in [3.63, 3.8) is 0 Å². The molecule has 0 saturated heterocycles. The summed E-state index contributed by atoms with van der Waals surface area (Å²) in [7, 11) is 1.58. The van der Waals surface area contributed by atoms with Crippen molar-refractivity contribution in [3.8, 4) is 22.8 Å². The van der Waals surface area contributed by atoms with Crippen LogP contribution in [0.2, 0.25) is 0 Å². The standard InChI is InChI=1S/C21H22FN3O3S/c1-21(2,3)28-18(26)13-29-20-24-23-19(16-7-5-6-8-17(16)22)25(20)14-9-11-15(27-4)12-10-14/h5-12H,13H2,1-4H3. The highest BCUT2D eigenvalue weighted by Crippen LogP contribution is 2.30. The molecule has 3 rings (SSSR count). The van der Waals surface area contributed by atoms with Crippen molar-refractivity contribution in [2.75, 3.05) is 12.9 Å². The van der Waals surface area contributed by atoms with Gasteiger partial charge in [0.15, 0.2) is 11.0 Å². The van der Waals surface area contributed by atoms with Crippen molar-refractivity contribution in [1.29, 1.82) is 0 Å². The molecule has 0 bridgehead atoms. The minimum atomic E-state index is -0.570. The lowest BCUT2D eigenvalue weighted by atomic mass is 10.2. The van der Waals surface area contributed by atoms with Gasteiger partial charge in [0.05, 0.1) is 24.1 Å². The number of hydrogen-bond donors (Lipinski definition) is 0. The highest BCUT2D eigenvalue weighted by Gasteiger charge is 2.21. The van der Waals surface area contributed by atoms with E-state index < -0.39 is 11.4 Å². The molecule has 0 aliphatic carbocycles. The van der Waals surface area contributed by atoms with Gasteiger partial charge in [-0.2, -0.15) is 0 Å². The number of carbonyl (C=O) groups is 1. The van der Waals surface area contributed by atoms with Crippen LogP contribution in [0.5, 0.6) is 5.75 Å². The maximum atomic E-state index is 14.4. The number of aromatic nitrogens is 3. The molecule has 0 spiro atoms. The quantitative estimate of drug-likeness (QED) is 0.436. The summed E-state index contributed by atoms with van der Waals surface area (Å²) in [6.07, 6.45) is 0. The number of ether oxygens (including phenoxy) is 2. The summed E-state index contributed by atoms with van der Waals surface area (Å²) in [6.45, 7) is 5.43. The number of benzene rings is 2. The molecule has 8 heteroatoms. The van der Waals surface area contributed by atoms with E-state index in [1.807, 2.05) is 32.9 Å². The Morgan fingerprint density at radius 3 is 2.41 bits per heavy atom. The first-order valence-corrected chi connectivity index (χ1v) is 9.96. The van der Waals surface area contributed by atoms with E-state index in [1.165, 1.54) is 17.8 Å². The Bertz CT molecular complexity index is 997. The van der Waals surface area contributed by atoms with Crippen LogP contribution in [0.15, 0.2) is 53.7 Å². The van der Waals surface area contributed by atoms with Gasteiger partial charge in [0, 0.05) is 0 Å². The molecule has 3 aromatic rings. The molecule has 0 unspecified atom stereocenters. The minimum absolute atomic E-state index is 0.0584. The van der Waals surface area contributed by atoms with E-state index >= 15 is 0 Å². The Kier molecular flexibility index (Phi) is 6.22. The molecule has 0 radical (unpaired) electrons. The van der Waals surface area contributed by atoms with Gasteiger partial charge in [-0.15, -0.1) is 10.2 Å². The van der Waals surface area contributed by atoms with Gasteiger partial charge < -0.3 is 9.47 Å². The van der Waals surface area contributed by atoms with Crippen molar-refractivity contribution in [3.05, 3.63) is 54.3 Å². The minimum Gasteiger partial charge on any atom is -0.497 e. The SMILES string of the molecule is COc1ccc(-n2c(SCC(=O)OC(C)(C)C)nnc2-c2ccccc2F)cc1. The van der Waals surface area contributed by atoms with E-state index in [4.69, 9.17) is 9.47 Å². The number of nitrogens with zero attached hydrogens (tertiary/aromatic N) is 3. The summed E-state index contributed by atoms with van der Waals surface area (Å²) < 4.78 is 26.7. The first-order chi connectivity index (χ1) is 13.8. The van der Waals surface area contributed by atoms with Crippen molar-refractivity contribution >= 4 is 17.7 Å². The van der Waals surface area contributed by atoms with Crippen LogP contribution in [-0.4, -0.2) is 39.2 Å². The number of carbonyl (C=O) groups excluding carboxylic acids is 1. The van der Waals surface area contributed by atoms with Crippen LogP contribution in [0.25, 0.3) is 17.1 Å². The smallest absolute Gasteiger partial charge is 0.316 e. The monoisotopic (exact) mass is 415 g/mol. The van der Waals surface area contributed by atoms with E-state index in [0.717, 1.165) is 5.69 Å². The van der Waals surface area contributed by atoms with E-state index in [9.17, 15) is 9.18 Å². The second-order valence-electron chi connectivity index (χ2n) is 7.19. The number of esters is 1. The summed E-state index contributed by atoms with van der Waals surface area (Å²) in [5, 5.41) is 8.84. The molecule has 1 heterocycles. The number of thioether (sulfide) groups is 1. The number of rotatable bonds is 6. The first-order valence-electron chi connectivity index (χ1n) is 8.98. The van der Waals surface area contributed by atoms with Crippen molar-refractivity contribution in [1.82, 2.24) is 14.8 Å². The molecule has 0 atom stereocenters. The van der Waals surface area contributed by atoms with Gasteiger partial charge in [0.2, 0.25) is 0 Å². The Morgan fingerprint density at radius 1 is 1.10 bits per heavy atom. The summed E-state index contributed by atoms with van der Waals surface area (Å²) >= 11 is 1.18. The summed E-state index contributed by atoms with van der Waals surface area (Å²) in [6, 6.07) is 13.6. The van der Waals surface area contributed by atoms with Crippen molar-refractivity contribution < 1.29 is 18.7 Å². The number of halogens is 1. The summed E-state index contributed by atoms with van der Waals surface area (Å²) in [5.74, 6) is 0.331. The lowest BCUT2D eigenvalue weighted by Gasteiger charge is -2.19. The van der Waals surface area contributed by atoms with Gasteiger partial charge in [0.1, 0.15) is 17.2 Å². The fourth-order valence-corrected chi connectivity index (χ4v) is 3.36. The topological polar surface area (TPSA) is 66.2 Å². The van der Waals surface area contributed by atoms with Crippen LogP contribution in [0.1, 0.15) is 20.8 Å². The molecule has 0 N–H and O–H groups in total. The van der Waals surface area contributed by atoms with Crippen molar-refractivity contribution in [2.45, 2.75) is 31.5 Å². The third-order valence-corrected chi connectivity index (χ3v) is 4.72. The molecule has 6 nitrogen and oxygen atoms in total. The lowest BCUT2D eigenvalue weighted by molar-refractivity contribution is -0.151. The number of methoxy groups -OCH3 is 1. The van der Waals surface area contributed by atoms with Crippen molar-refractivity contribution in [2.24, 2.45) is 0 Å². The Labute approximate surface area is 173 Å². The molecule has 1 aromatic heterocycles. The average Bonchev–Trinajstić information content (AvgIpc) is 3.09. The van der Waals surface area contributed by atoms with E-state index in [-0.39, 0.29) is 11.7 Å². The van der Waals surface area contributed by atoms with Crippen LogP contribution in [-0.2, 0) is 9.53 Å². The fraction of sp³-hybridized carbons (Fsp3) is 0.286. The molecule has 0 amide bonds. The van der Waals surface area contributed by atoms with E-state index in [0.29, 0.717) is 22.3 Å². The van der Waals surface area contributed by atoms with Gasteiger partial charge in [0.25, 0.3) is 0 Å². The summed E-state index contributed by atoms with van der Waals surface area (Å²) in [4.78, 5) is 12.1. The van der Waals surface area contributed by atoms with Gasteiger partial charge in [-0.3, -0.25) is 9.36 Å². The predicted molar refractivity (Wildman–Crippen MR) is 110 cm³/mol. The van der Waals surface area contributed by atoms with Gasteiger partial charge in [-0.25, -0.2) is 4.39 Å². The van der Waals surface area contributed by atoms with Crippen LogP contribution in [0.4, 0.5) is 4.39 Å². The zero-order chi connectivity index (χ0) is 21.0. The molecule has 29 heavy (non-hydrogen) atoms. The largest absolute Gasteiger partial charge is 0.497 e. The highest BCUT2D eigenvalue weighted by molar-refractivity contribution is 7.99. The maximum absolute atomic E-state index is 14.4. The zero-order valence-corrected chi connectivity index (χ0v) is 17.5. The van der Waals surface area contributed by atoms with Crippen LogP contribution in [0.3, 0.4) is 0 Å². The fourth-order valence-electron chi connectivity index (χ4n) is 2.64. The molecule has 152 valence electrons. The lowest BCUT2D eigenvalue weighted by Crippen LogP contribution is -2.25.